The first-order valence-corrected chi connectivity index (χ1v) is 10.3. The Morgan fingerprint density at radius 1 is 1.32 bits per heavy atom. The number of benzene rings is 1. The number of hydrogen-bond acceptors (Lipinski definition) is 3. The molecule has 1 saturated heterocycles. The molecule has 1 aliphatic rings. The molecular weight excluding hydrogens is 423 g/mol. The number of nitrogens with zero attached hydrogens (tertiary/aromatic N) is 3. The van der Waals surface area contributed by atoms with Crippen molar-refractivity contribution in [2.45, 2.75) is 45.2 Å². The first-order valence-electron chi connectivity index (χ1n) is 9.46. The maximum absolute atomic E-state index is 14.4. The van der Waals surface area contributed by atoms with E-state index < -0.39 is 5.82 Å². The Hall–Kier alpha value is -1.99. The predicted octanol–water partition coefficient (Wildman–Crippen LogP) is 4.17. The third-order valence-corrected chi connectivity index (χ3v) is 5.40. The maximum atomic E-state index is 14.4. The molecule has 0 spiro atoms. The number of piperidine rings is 1. The van der Waals surface area contributed by atoms with E-state index in [-0.39, 0.29) is 17.5 Å². The van der Waals surface area contributed by atoms with Gasteiger partial charge in [0.05, 0.1) is 10.7 Å². The molecule has 28 heavy (non-hydrogen) atoms. The van der Waals surface area contributed by atoms with Crippen molar-refractivity contribution in [2.75, 3.05) is 13.1 Å². The summed E-state index contributed by atoms with van der Waals surface area (Å²) in [5, 5.41) is 7.13. The smallest absolute Gasteiger partial charge is 0.244 e. The molecule has 2 aromatic rings. The first-order chi connectivity index (χ1) is 13.2. The second kappa shape index (κ2) is 8.57. The van der Waals surface area contributed by atoms with E-state index in [0.717, 1.165) is 30.4 Å². The van der Waals surface area contributed by atoms with E-state index in [1.165, 1.54) is 16.8 Å². The summed E-state index contributed by atoms with van der Waals surface area (Å²) in [5.41, 5.74) is 1.15. The average Bonchev–Trinajstić information content (AvgIpc) is 3.06. The van der Waals surface area contributed by atoms with Gasteiger partial charge in [0.2, 0.25) is 5.91 Å². The molecule has 1 N–H and O–H groups in total. The van der Waals surface area contributed by atoms with Crippen LogP contribution < -0.4 is 5.32 Å². The van der Waals surface area contributed by atoms with E-state index in [9.17, 15) is 9.18 Å². The predicted molar refractivity (Wildman–Crippen MR) is 113 cm³/mol. The summed E-state index contributed by atoms with van der Waals surface area (Å²) in [4.78, 5) is 14.7. The Morgan fingerprint density at radius 2 is 2.04 bits per heavy atom. The molecule has 3 rings (SSSR count). The van der Waals surface area contributed by atoms with E-state index in [2.05, 4.69) is 52.0 Å². The van der Waals surface area contributed by atoms with Gasteiger partial charge < -0.3 is 5.32 Å². The number of aromatic nitrogens is 2. The van der Waals surface area contributed by atoms with Gasteiger partial charge in [-0.3, -0.25) is 9.69 Å². The molecule has 0 aliphatic carbocycles. The summed E-state index contributed by atoms with van der Waals surface area (Å²) in [6.45, 7) is 8.60. The molecule has 1 aromatic heterocycles. The molecule has 0 atom stereocenters. The lowest BCUT2D eigenvalue weighted by atomic mass is 9.98. The average molecular weight is 449 g/mol. The van der Waals surface area contributed by atoms with Crippen molar-refractivity contribution in [3.05, 3.63) is 52.5 Å². The Morgan fingerprint density at radius 3 is 2.61 bits per heavy atom. The minimum Gasteiger partial charge on any atom is -0.350 e. The van der Waals surface area contributed by atoms with Gasteiger partial charge in [0.25, 0.3) is 0 Å². The van der Waals surface area contributed by atoms with Gasteiger partial charge in [0.15, 0.2) is 0 Å². The number of nitrogens with one attached hydrogen (secondary N) is 1. The van der Waals surface area contributed by atoms with Crippen LogP contribution in [0.15, 0.2) is 41.1 Å². The number of likely N-dealkylation sites (tertiary alicyclic amines) is 1. The third-order valence-electron chi connectivity index (χ3n) is 4.99. The highest BCUT2D eigenvalue weighted by Crippen LogP contribution is 2.20. The van der Waals surface area contributed by atoms with Crippen molar-refractivity contribution in [3.63, 3.8) is 0 Å². The molecule has 1 aromatic carbocycles. The van der Waals surface area contributed by atoms with E-state index >= 15 is 0 Å². The monoisotopic (exact) mass is 448 g/mol. The van der Waals surface area contributed by atoms with E-state index in [0.29, 0.717) is 11.3 Å². The van der Waals surface area contributed by atoms with Crippen LogP contribution in [0.1, 0.15) is 39.2 Å². The lowest BCUT2D eigenvalue weighted by molar-refractivity contribution is -0.117. The van der Waals surface area contributed by atoms with Gasteiger partial charge in [-0.05, 0) is 73.3 Å². The van der Waals surface area contributed by atoms with Crippen molar-refractivity contribution in [1.82, 2.24) is 20.0 Å². The van der Waals surface area contributed by atoms with Crippen LogP contribution >= 0.6 is 15.9 Å². The van der Waals surface area contributed by atoms with Gasteiger partial charge in [-0.2, -0.15) is 5.10 Å². The maximum Gasteiger partial charge on any atom is 0.244 e. The van der Waals surface area contributed by atoms with Gasteiger partial charge in [-0.1, -0.05) is 6.07 Å². The summed E-state index contributed by atoms with van der Waals surface area (Å²) < 4.78 is 16.6. The van der Waals surface area contributed by atoms with Crippen LogP contribution in [0.5, 0.6) is 0 Å². The Labute approximate surface area is 173 Å². The van der Waals surface area contributed by atoms with E-state index in [4.69, 9.17) is 0 Å². The number of halogens is 2. The SMILES string of the molecule is CC(C)(C)N1CCC(NC(=O)/C=C/c2ccc(-n3cc(Br)cn3)c(F)c2)CC1. The van der Waals surface area contributed by atoms with E-state index in [1.807, 2.05) is 0 Å². The summed E-state index contributed by atoms with van der Waals surface area (Å²) >= 11 is 3.30. The summed E-state index contributed by atoms with van der Waals surface area (Å²) in [6, 6.07) is 5.00. The van der Waals surface area contributed by atoms with Gasteiger partial charge in [0.1, 0.15) is 11.5 Å². The zero-order valence-corrected chi connectivity index (χ0v) is 18.0. The molecule has 1 aliphatic heterocycles. The summed E-state index contributed by atoms with van der Waals surface area (Å²) in [6.07, 6.45) is 8.27. The second-order valence-electron chi connectivity index (χ2n) is 8.09. The highest BCUT2D eigenvalue weighted by molar-refractivity contribution is 9.10. The molecule has 0 bridgehead atoms. The molecule has 1 fully saturated rings. The fourth-order valence-corrected chi connectivity index (χ4v) is 3.65. The minimum atomic E-state index is -0.396. The van der Waals surface area contributed by atoms with Crippen molar-refractivity contribution < 1.29 is 9.18 Å². The molecular formula is C21H26BrFN4O. The zero-order chi connectivity index (χ0) is 20.3. The fraction of sp³-hybridized carbons (Fsp3) is 0.429. The van der Waals surface area contributed by atoms with Crippen LogP contribution in [0.25, 0.3) is 11.8 Å². The fourth-order valence-electron chi connectivity index (χ4n) is 3.36. The second-order valence-corrected chi connectivity index (χ2v) is 9.00. The Balaban J connectivity index is 1.55. The van der Waals surface area contributed by atoms with Crippen LogP contribution in [0.2, 0.25) is 0 Å². The van der Waals surface area contributed by atoms with Crippen LogP contribution in [-0.2, 0) is 4.79 Å². The zero-order valence-electron chi connectivity index (χ0n) is 16.5. The Bertz CT molecular complexity index is 864. The highest BCUT2D eigenvalue weighted by Gasteiger charge is 2.27. The molecule has 5 nitrogen and oxygen atoms in total. The molecule has 7 heteroatoms. The molecule has 0 saturated carbocycles. The first kappa shape index (κ1) is 20.7. The topological polar surface area (TPSA) is 50.2 Å². The molecule has 0 unspecified atom stereocenters. The van der Waals surface area contributed by atoms with E-state index in [1.54, 1.807) is 30.6 Å². The van der Waals surface area contributed by atoms with Crippen molar-refractivity contribution in [3.8, 4) is 5.69 Å². The minimum absolute atomic E-state index is 0.144. The summed E-state index contributed by atoms with van der Waals surface area (Å²) in [5.74, 6) is -0.539. The lowest BCUT2D eigenvalue weighted by Gasteiger charge is -2.40. The number of amides is 1. The Kier molecular flexibility index (Phi) is 6.35. The van der Waals surface area contributed by atoms with Crippen LogP contribution in [-0.4, -0.2) is 45.3 Å². The number of hydrogen-bond donors (Lipinski definition) is 1. The summed E-state index contributed by atoms with van der Waals surface area (Å²) in [7, 11) is 0. The number of carbonyl (C=O) groups is 1. The molecule has 1 amide bonds. The van der Waals surface area contributed by atoms with Gasteiger partial charge >= 0.3 is 0 Å². The van der Waals surface area contributed by atoms with Gasteiger partial charge in [-0.25, -0.2) is 9.07 Å². The van der Waals surface area contributed by atoms with Crippen LogP contribution in [0, 0.1) is 5.82 Å². The quantitative estimate of drug-likeness (QED) is 0.714. The normalized spacial score (nSPS) is 16.6. The van der Waals surface area contributed by atoms with Crippen LogP contribution in [0.3, 0.4) is 0 Å². The van der Waals surface area contributed by atoms with Gasteiger partial charge in [0, 0.05) is 36.9 Å². The highest BCUT2D eigenvalue weighted by atomic mass is 79.9. The third kappa shape index (κ3) is 5.29. The van der Waals surface area contributed by atoms with Crippen molar-refractivity contribution >= 4 is 27.9 Å². The van der Waals surface area contributed by atoms with Crippen molar-refractivity contribution in [1.29, 1.82) is 0 Å². The van der Waals surface area contributed by atoms with Crippen LogP contribution in [0.4, 0.5) is 4.39 Å². The lowest BCUT2D eigenvalue weighted by Crippen LogP contribution is -2.50. The standard InChI is InChI=1S/C21H26BrFN4O/c1-21(2,3)26-10-8-17(9-11-26)25-20(28)7-5-15-4-6-19(18(23)12-15)27-14-16(22)13-24-27/h4-7,12-14,17H,8-11H2,1-3H3,(H,25,28)/b7-5+. The largest absolute Gasteiger partial charge is 0.350 e. The molecule has 0 radical (unpaired) electrons. The molecule has 150 valence electrons. The van der Waals surface area contributed by atoms with Gasteiger partial charge in [-0.15, -0.1) is 0 Å². The number of carbonyl (C=O) groups excluding carboxylic acids is 1. The molecule has 2 heterocycles. The number of rotatable bonds is 4. The van der Waals surface area contributed by atoms with Crippen molar-refractivity contribution in [2.24, 2.45) is 0 Å².